The second-order valence-electron chi connectivity index (χ2n) is 7.37. The van der Waals surface area contributed by atoms with Crippen LogP contribution in [0.1, 0.15) is 59.3 Å². The van der Waals surface area contributed by atoms with Crippen LogP contribution in [0.5, 0.6) is 0 Å². The molecule has 18 heavy (non-hydrogen) atoms. The van der Waals surface area contributed by atoms with Gasteiger partial charge in [0.05, 0.1) is 0 Å². The molecule has 3 unspecified atom stereocenters. The van der Waals surface area contributed by atoms with E-state index in [-0.39, 0.29) is 0 Å². The first kappa shape index (κ1) is 14.3. The Balaban J connectivity index is 1.83. The van der Waals surface area contributed by atoms with Gasteiger partial charge in [0.1, 0.15) is 0 Å². The third-order valence-corrected chi connectivity index (χ3v) is 5.37. The molecule has 2 heteroatoms. The second kappa shape index (κ2) is 5.92. The van der Waals surface area contributed by atoms with Crippen molar-refractivity contribution in [3.8, 4) is 0 Å². The summed E-state index contributed by atoms with van der Waals surface area (Å²) < 4.78 is 0. The Morgan fingerprint density at radius 3 is 2.78 bits per heavy atom. The van der Waals surface area contributed by atoms with E-state index in [0.29, 0.717) is 11.5 Å². The molecule has 2 aliphatic rings. The Morgan fingerprint density at radius 2 is 2.06 bits per heavy atom. The molecule has 2 nitrogen and oxygen atoms in total. The first-order chi connectivity index (χ1) is 8.53. The summed E-state index contributed by atoms with van der Waals surface area (Å²) in [6.07, 6.45) is 8.20. The van der Waals surface area contributed by atoms with Gasteiger partial charge in [-0.15, -0.1) is 0 Å². The molecule has 0 aromatic rings. The molecule has 0 aromatic carbocycles. The van der Waals surface area contributed by atoms with E-state index >= 15 is 0 Å². The van der Waals surface area contributed by atoms with E-state index in [1.165, 1.54) is 58.2 Å². The minimum atomic E-state index is 0.353. The predicted octanol–water partition coefficient (Wildman–Crippen LogP) is 3.26. The molecule has 2 rings (SSSR count). The van der Waals surface area contributed by atoms with Crippen LogP contribution in [0.15, 0.2) is 0 Å². The highest BCUT2D eigenvalue weighted by Gasteiger charge is 2.37. The zero-order valence-electron chi connectivity index (χ0n) is 12.6. The number of nitrogens with two attached hydrogens (primary N) is 1. The van der Waals surface area contributed by atoms with Gasteiger partial charge in [0.2, 0.25) is 0 Å². The molecule has 1 aliphatic carbocycles. The Morgan fingerprint density at radius 1 is 1.28 bits per heavy atom. The summed E-state index contributed by atoms with van der Waals surface area (Å²) in [6.45, 7) is 10.9. The molecule has 106 valence electrons. The zero-order chi connectivity index (χ0) is 13.2. The Kier molecular flexibility index (Phi) is 4.71. The lowest BCUT2D eigenvalue weighted by molar-refractivity contribution is 0.109. The average Bonchev–Trinajstić information content (AvgIpc) is 2.73. The van der Waals surface area contributed by atoms with E-state index in [4.69, 9.17) is 5.73 Å². The summed E-state index contributed by atoms with van der Waals surface area (Å²) >= 11 is 0. The van der Waals surface area contributed by atoms with Gasteiger partial charge in [0, 0.05) is 19.1 Å². The molecule has 2 N–H and O–H groups in total. The monoisotopic (exact) mass is 252 g/mol. The van der Waals surface area contributed by atoms with Gasteiger partial charge >= 0.3 is 0 Å². The normalized spacial score (nSPS) is 37.0. The van der Waals surface area contributed by atoms with Gasteiger partial charge in [-0.05, 0) is 49.5 Å². The van der Waals surface area contributed by atoms with Crippen LogP contribution in [0.4, 0.5) is 0 Å². The van der Waals surface area contributed by atoms with Crippen molar-refractivity contribution in [2.24, 2.45) is 23.0 Å². The minimum absolute atomic E-state index is 0.353. The number of nitrogens with zero attached hydrogens (tertiary/aromatic N) is 1. The average molecular weight is 252 g/mol. The number of hydrogen-bond donors (Lipinski definition) is 1. The third-order valence-electron chi connectivity index (χ3n) is 5.37. The highest BCUT2D eigenvalue weighted by Crippen LogP contribution is 2.38. The zero-order valence-corrected chi connectivity index (χ0v) is 12.6. The molecule has 0 amide bonds. The lowest BCUT2D eigenvalue weighted by Crippen LogP contribution is -2.50. The van der Waals surface area contributed by atoms with Gasteiger partial charge in [0.25, 0.3) is 0 Å². The first-order valence-electron chi connectivity index (χ1n) is 8.01. The van der Waals surface area contributed by atoms with Crippen LogP contribution in [0, 0.1) is 17.3 Å². The molecule has 1 heterocycles. The standard InChI is InChI=1S/C16H32N2/c1-4-6-13-8-10-18(11-13)12-14-7-5-9-16(2,3)15(14)17/h13-15H,4-12,17H2,1-3H3. The fraction of sp³-hybridized carbons (Fsp3) is 1.00. The second-order valence-corrected chi connectivity index (χ2v) is 7.37. The lowest BCUT2D eigenvalue weighted by Gasteiger charge is -2.43. The van der Waals surface area contributed by atoms with Crippen LogP contribution < -0.4 is 5.73 Å². The van der Waals surface area contributed by atoms with E-state index < -0.39 is 0 Å². The van der Waals surface area contributed by atoms with Gasteiger partial charge in [-0.1, -0.05) is 33.6 Å². The lowest BCUT2D eigenvalue weighted by atomic mass is 9.68. The highest BCUT2D eigenvalue weighted by molar-refractivity contribution is 4.93. The van der Waals surface area contributed by atoms with Crippen LogP contribution in [0.3, 0.4) is 0 Å². The topological polar surface area (TPSA) is 29.3 Å². The van der Waals surface area contributed by atoms with Gasteiger partial charge in [-0.3, -0.25) is 0 Å². The summed E-state index contributed by atoms with van der Waals surface area (Å²) in [5, 5.41) is 0. The van der Waals surface area contributed by atoms with Crippen LogP contribution in [-0.2, 0) is 0 Å². The van der Waals surface area contributed by atoms with E-state index in [1.807, 2.05) is 0 Å². The van der Waals surface area contributed by atoms with Gasteiger partial charge < -0.3 is 10.6 Å². The SMILES string of the molecule is CCCC1CCN(CC2CCCC(C)(C)C2N)C1. The number of rotatable bonds is 4. The van der Waals surface area contributed by atoms with E-state index in [0.717, 1.165) is 11.8 Å². The van der Waals surface area contributed by atoms with Crippen LogP contribution in [0.25, 0.3) is 0 Å². The van der Waals surface area contributed by atoms with Crippen LogP contribution in [-0.4, -0.2) is 30.6 Å². The van der Waals surface area contributed by atoms with Crippen LogP contribution >= 0.6 is 0 Å². The van der Waals surface area contributed by atoms with Crippen molar-refractivity contribution in [2.45, 2.75) is 65.3 Å². The fourth-order valence-corrected chi connectivity index (χ4v) is 4.06. The van der Waals surface area contributed by atoms with Crippen LogP contribution in [0.2, 0.25) is 0 Å². The summed E-state index contributed by atoms with van der Waals surface area (Å²) in [5.74, 6) is 1.69. The summed E-state index contributed by atoms with van der Waals surface area (Å²) in [6, 6.07) is 0.400. The quantitative estimate of drug-likeness (QED) is 0.832. The fourth-order valence-electron chi connectivity index (χ4n) is 4.06. The molecule has 0 bridgehead atoms. The Labute approximate surface area is 113 Å². The van der Waals surface area contributed by atoms with Crippen molar-refractivity contribution in [3.63, 3.8) is 0 Å². The molecule has 3 atom stereocenters. The van der Waals surface area contributed by atoms with Crippen molar-refractivity contribution in [1.82, 2.24) is 4.90 Å². The molecule has 1 saturated carbocycles. The largest absolute Gasteiger partial charge is 0.327 e. The maximum atomic E-state index is 6.50. The summed E-state index contributed by atoms with van der Waals surface area (Å²) in [5.41, 5.74) is 6.85. The molecule has 0 spiro atoms. The van der Waals surface area contributed by atoms with Gasteiger partial charge in [0.15, 0.2) is 0 Å². The number of likely N-dealkylation sites (tertiary alicyclic amines) is 1. The summed E-state index contributed by atoms with van der Waals surface area (Å²) in [4.78, 5) is 2.69. The maximum absolute atomic E-state index is 6.50. The Bertz CT molecular complexity index is 262. The Hall–Kier alpha value is -0.0800. The molecule has 1 saturated heterocycles. The molecular weight excluding hydrogens is 220 g/mol. The maximum Gasteiger partial charge on any atom is 0.0131 e. The van der Waals surface area contributed by atoms with E-state index in [9.17, 15) is 0 Å². The molecule has 2 fully saturated rings. The number of hydrogen-bond acceptors (Lipinski definition) is 2. The van der Waals surface area contributed by atoms with Crippen molar-refractivity contribution >= 4 is 0 Å². The van der Waals surface area contributed by atoms with Crippen molar-refractivity contribution in [2.75, 3.05) is 19.6 Å². The molecule has 0 radical (unpaired) electrons. The van der Waals surface area contributed by atoms with E-state index in [2.05, 4.69) is 25.7 Å². The van der Waals surface area contributed by atoms with Gasteiger partial charge in [-0.25, -0.2) is 0 Å². The first-order valence-corrected chi connectivity index (χ1v) is 8.01. The molecule has 0 aromatic heterocycles. The highest BCUT2D eigenvalue weighted by atomic mass is 15.1. The van der Waals surface area contributed by atoms with Crippen molar-refractivity contribution < 1.29 is 0 Å². The molecular formula is C16H32N2. The minimum Gasteiger partial charge on any atom is -0.327 e. The third kappa shape index (κ3) is 3.27. The molecule has 1 aliphatic heterocycles. The van der Waals surface area contributed by atoms with Crippen molar-refractivity contribution in [3.05, 3.63) is 0 Å². The predicted molar refractivity (Wildman–Crippen MR) is 78.6 cm³/mol. The summed E-state index contributed by atoms with van der Waals surface area (Å²) in [7, 11) is 0. The van der Waals surface area contributed by atoms with E-state index in [1.54, 1.807) is 0 Å². The van der Waals surface area contributed by atoms with Gasteiger partial charge in [-0.2, -0.15) is 0 Å². The smallest absolute Gasteiger partial charge is 0.0131 e. The van der Waals surface area contributed by atoms with Crippen molar-refractivity contribution in [1.29, 1.82) is 0 Å².